The Bertz CT molecular complexity index is 353. The summed E-state index contributed by atoms with van der Waals surface area (Å²) in [4.78, 5) is 17.2. The van der Waals surface area contributed by atoms with Crippen LogP contribution < -0.4 is 0 Å². The molecule has 1 aromatic rings. The van der Waals surface area contributed by atoms with Crippen molar-refractivity contribution < 1.29 is 9.53 Å². The second kappa shape index (κ2) is 6.66. The van der Waals surface area contributed by atoms with Crippen molar-refractivity contribution in [2.45, 2.75) is 4.34 Å². The van der Waals surface area contributed by atoms with Gasteiger partial charge in [0.05, 0.1) is 6.61 Å². The van der Waals surface area contributed by atoms with E-state index in [0.29, 0.717) is 21.8 Å². The molecular formula is C8H10Cl2N2O2S2. The molecule has 0 atom stereocenters. The Morgan fingerprint density at radius 1 is 1.62 bits per heavy atom. The van der Waals surface area contributed by atoms with Crippen molar-refractivity contribution >= 4 is 51.5 Å². The smallest absolute Gasteiger partial charge is 0.288 e. The predicted molar refractivity (Wildman–Crippen MR) is 67.9 cm³/mol. The Kier molecular flexibility index (Phi) is 5.85. The average Bonchev–Trinajstić information content (AvgIpc) is 2.54. The number of hydrogen-bond donors (Lipinski definition) is 0. The van der Waals surface area contributed by atoms with Crippen LogP contribution in [0.25, 0.3) is 0 Å². The van der Waals surface area contributed by atoms with Crippen molar-refractivity contribution in [3.63, 3.8) is 0 Å². The number of rotatable bonds is 4. The number of methoxy groups -OCH3 is 1. The lowest BCUT2D eigenvalue weighted by atomic mass is 10.6. The number of carbonyl (C=O) groups is 1. The highest BCUT2D eigenvalue weighted by Gasteiger charge is 2.15. The number of likely N-dealkylation sites (N-methyl/N-ethyl adjacent to an activating group) is 1. The highest BCUT2D eigenvalue weighted by molar-refractivity contribution is 8.14. The number of aromatic nitrogens is 1. The van der Waals surface area contributed by atoms with Crippen molar-refractivity contribution in [1.29, 1.82) is 0 Å². The van der Waals surface area contributed by atoms with Crippen LogP contribution in [0.1, 0.15) is 0 Å². The van der Waals surface area contributed by atoms with Crippen LogP contribution in [-0.4, -0.2) is 42.4 Å². The van der Waals surface area contributed by atoms with E-state index in [1.807, 2.05) is 0 Å². The van der Waals surface area contributed by atoms with Gasteiger partial charge in [-0.25, -0.2) is 4.98 Å². The van der Waals surface area contributed by atoms with Crippen LogP contribution in [0.2, 0.25) is 9.49 Å². The molecule has 16 heavy (non-hydrogen) atoms. The Morgan fingerprint density at radius 2 is 2.31 bits per heavy atom. The largest absolute Gasteiger partial charge is 0.383 e. The van der Waals surface area contributed by atoms with Gasteiger partial charge in [-0.05, 0) is 0 Å². The number of hydrogen-bond acceptors (Lipinski definition) is 5. The number of thioether (sulfide) groups is 1. The van der Waals surface area contributed by atoms with Crippen LogP contribution in [-0.2, 0) is 4.74 Å². The molecule has 0 N–H and O–H groups in total. The first-order valence-electron chi connectivity index (χ1n) is 4.28. The van der Waals surface area contributed by atoms with Gasteiger partial charge in [0.1, 0.15) is 4.34 Å². The molecule has 0 unspecified atom stereocenters. The number of amides is 1. The van der Waals surface area contributed by atoms with Crippen LogP contribution in [0.3, 0.4) is 0 Å². The molecule has 0 spiro atoms. The molecule has 4 nitrogen and oxygen atoms in total. The number of halogens is 2. The summed E-state index contributed by atoms with van der Waals surface area (Å²) in [6.45, 7) is 1.04. The Labute approximate surface area is 112 Å². The van der Waals surface area contributed by atoms with Gasteiger partial charge in [0.15, 0.2) is 9.49 Å². The summed E-state index contributed by atoms with van der Waals surface area (Å²) in [5.41, 5.74) is 0. The molecule has 1 aromatic heterocycles. The summed E-state index contributed by atoms with van der Waals surface area (Å²) in [7, 11) is 3.29. The van der Waals surface area contributed by atoms with Crippen molar-refractivity contribution in [2.75, 3.05) is 27.3 Å². The second-order valence-electron chi connectivity index (χ2n) is 2.83. The second-order valence-corrected chi connectivity index (χ2v) is 5.98. The van der Waals surface area contributed by atoms with E-state index in [4.69, 9.17) is 27.9 Å². The van der Waals surface area contributed by atoms with Gasteiger partial charge in [0, 0.05) is 32.5 Å². The molecule has 0 aliphatic heterocycles. The van der Waals surface area contributed by atoms with Crippen molar-refractivity contribution in [3.05, 3.63) is 9.49 Å². The van der Waals surface area contributed by atoms with E-state index in [-0.39, 0.29) is 10.4 Å². The van der Waals surface area contributed by atoms with Crippen LogP contribution in [0.15, 0.2) is 4.34 Å². The number of thiazole rings is 1. The molecule has 0 aliphatic carbocycles. The number of nitrogens with zero attached hydrogens (tertiary/aromatic N) is 2. The molecule has 1 amide bonds. The molecule has 0 fully saturated rings. The molecule has 1 rings (SSSR count). The first-order chi connectivity index (χ1) is 7.54. The zero-order valence-electron chi connectivity index (χ0n) is 8.70. The van der Waals surface area contributed by atoms with E-state index in [9.17, 15) is 4.79 Å². The summed E-state index contributed by atoms with van der Waals surface area (Å²) >= 11 is 13.6. The van der Waals surface area contributed by atoms with E-state index in [1.54, 1.807) is 19.1 Å². The molecule has 90 valence electrons. The quantitative estimate of drug-likeness (QED) is 0.801. The monoisotopic (exact) mass is 300 g/mol. The standard InChI is InChI=1S/C8H10Cl2N2O2S2/c1-12(3-4-14-2)8(13)16-7-11-5(9)6(10)15-7/h3-4H2,1-2H3. The minimum atomic E-state index is -0.112. The zero-order chi connectivity index (χ0) is 12.1. The lowest BCUT2D eigenvalue weighted by molar-refractivity contribution is 0.169. The fraction of sp³-hybridized carbons (Fsp3) is 0.500. The van der Waals surface area contributed by atoms with Crippen LogP contribution in [0, 0.1) is 0 Å². The highest BCUT2D eigenvalue weighted by Crippen LogP contribution is 2.34. The topological polar surface area (TPSA) is 42.4 Å². The predicted octanol–water partition coefficient (Wildman–Crippen LogP) is 3.24. The van der Waals surface area contributed by atoms with Gasteiger partial charge in [0.25, 0.3) is 5.24 Å². The fourth-order valence-corrected chi connectivity index (χ4v) is 3.06. The van der Waals surface area contributed by atoms with Crippen LogP contribution in [0.4, 0.5) is 4.79 Å². The molecular weight excluding hydrogens is 291 g/mol. The van der Waals surface area contributed by atoms with Gasteiger partial charge in [-0.15, -0.1) is 0 Å². The normalized spacial score (nSPS) is 10.5. The van der Waals surface area contributed by atoms with Gasteiger partial charge >= 0.3 is 0 Å². The molecule has 0 bridgehead atoms. The van der Waals surface area contributed by atoms with Gasteiger partial charge < -0.3 is 9.64 Å². The SMILES string of the molecule is COCCN(C)C(=O)Sc1nc(Cl)c(Cl)s1. The van der Waals surface area contributed by atoms with E-state index in [1.165, 1.54) is 11.3 Å². The first-order valence-corrected chi connectivity index (χ1v) is 6.67. The maximum absolute atomic E-state index is 11.7. The van der Waals surface area contributed by atoms with E-state index >= 15 is 0 Å². The summed E-state index contributed by atoms with van der Waals surface area (Å²) in [5.74, 6) is 0. The zero-order valence-corrected chi connectivity index (χ0v) is 11.8. The number of ether oxygens (including phenoxy) is 1. The maximum Gasteiger partial charge on any atom is 0.288 e. The molecule has 1 heterocycles. The van der Waals surface area contributed by atoms with Crippen molar-refractivity contribution in [1.82, 2.24) is 9.88 Å². The fourth-order valence-electron chi connectivity index (χ4n) is 0.781. The van der Waals surface area contributed by atoms with Gasteiger partial charge in [0.2, 0.25) is 0 Å². The van der Waals surface area contributed by atoms with Crippen molar-refractivity contribution in [3.8, 4) is 0 Å². The molecule has 0 aliphatic rings. The Balaban J connectivity index is 2.50. The summed E-state index contributed by atoms with van der Waals surface area (Å²) in [6, 6.07) is 0. The summed E-state index contributed by atoms with van der Waals surface area (Å²) < 4.78 is 5.82. The first kappa shape index (κ1) is 14.1. The molecule has 8 heteroatoms. The summed E-state index contributed by atoms with van der Waals surface area (Å²) in [5, 5.41) is 0.126. The minimum Gasteiger partial charge on any atom is -0.383 e. The van der Waals surface area contributed by atoms with E-state index in [0.717, 1.165) is 11.8 Å². The third-order valence-corrected chi connectivity index (χ3v) is 4.43. The van der Waals surface area contributed by atoms with Crippen molar-refractivity contribution in [2.24, 2.45) is 0 Å². The lowest BCUT2D eigenvalue weighted by Gasteiger charge is -2.14. The molecule has 0 saturated heterocycles. The Hall–Kier alpha value is -0.0100. The highest BCUT2D eigenvalue weighted by atomic mass is 35.5. The maximum atomic E-state index is 11.7. The van der Waals surface area contributed by atoms with Crippen LogP contribution in [0.5, 0.6) is 0 Å². The van der Waals surface area contributed by atoms with E-state index in [2.05, 4.69) is 4.98 Å². The van der Waals surface area contributed by atoms with Gasteiger partial charge in [-0.2, -0.15) is 0 Å². The molecule has 0 radical (unpaired) electrons. The van der Waals surface area contributed by atoms with Gasteiger partial charge in [-0.1, -0.05) is 34.5 Å². The minimum absolute atomic E-state index is 0.112. The van der Waals surface area contributed by atoms with E-state index < -0.39 is 0 Å². The van der Waals surface area contributed by atoms with Crippen LogP contribution >= 0.6 is 46.3 Å². The third kappa shape index (κ3) is 4.10. The molecule has 0 aromatic carbocycles. The lowest BCUT2D eigenvalue weighted by Crippen LogP contribution is -2.26. The summed E-state index contributed by atoms with van der Waals surface area (Å²) in [6.07, 6.45) is 0. The molecule has 0 saturated carbocycles. The van der Waals surface area contributed by atoms with Gasteiger partial charge in [-0.3, -0.25) is 4.79 Å². The number of carbonyl (C=O) groups excluding carboxylic acids is 1. The Morgan fingerprint density at radius 3 is 2.81 bits per heavy atom. The third-order valence-electron chi connectivity index (χ3n) is 1.65. The average molecular weight is 301 g/mol.